The van der Waals surface area contributed by atoms with E-state index in [2.05, 4.69) is 0 Å². The first-order valence-electron chi connectivity index (χ1n) is 3.82. The van der Waals surface area contributed by atoms with Crippen molar-refractivity contribution in [3.05, 3.63) is 0 Å². The molecule has 1 rings (SSSR count). The summed E-state index contributed by atoms with van der Waals surface area (Å²) < 4.78 is 0. The fraction of sp³-hybridized carbons (Fsp3) is 1.00. The van der Waals surface area contributed by atoms with Gasteiger partial charge in [0.25, 0.3) is 0 Å². The van der Waals surface area contributed by atoms with E-state index in [1.807, 2.05) is 0 Å². The smallest absolute Gasteiger partial charge is 0.0192 e. The van der Waals surface area contributed by atoms with Crippen LogP contribution in [0.15, 0.2) is 0 Å². The zero-order chi connectivity index (χ0) is 6.69. The molecule has 4 N–H and O–H groups in total. The largest absolute Gasteiger partial charge is 0.326 e. The van der Waals surface area contributed by atoms with E-state index in [0.29, 0.717) is 0 Å². The van der Waals surface area contributed by atoms with Gasteiger partial charge in [-0.3, -0.25) is 0 Å². The van der Waals surface area contributed by atoms with Crippen LogP contribution in [0.5, 0.6) is 0 Å². The zero-order valence-electron chi connectivity index (χ0n) is 6.25. The molecule has 62 valence electrons. The van der Waals surface area contributed by atoms with Gasteiger partial charge in [-0.15, -0.1) is 12.4 Å². The Balaban J connectivity index is 0.000000810. The number of rotatable bonds is 0. The van der Waals surface area contributed by atoms with E-state index >= 15 is 0 Å². The van der Waals surface area contributed by atoms with Crippen molar-refractivity contribution in [3.8, 4) is 0 Å². The molecule has 1 fully saturated rings. The summed E-state index contributed by atoms with van der Waals surface area (Å²) in [6.45, 7) is 0. The first-order valence-corrected chi connectivity index (χ1v) is 3.82. The van der Waals surface area contributed by atoms with Crippen molar-refractivity contribution in [1.82, 2.24) is 0 Å². The molecule has 0 aliphatic heterocycles. The Morgan fingerprint density at radius 2 is 1.20 bits per heavy atom. The van der Waals surface area contributed by atoms with Gasteiger partial charge in [-0.05, 0) is 12.8 Å². The minimum absolute atomic E-state index is 0. The summed E-state index contributed by atoms with van der Waals surface area (Å²) in [5.74, 6) is 0. The fourth-order valence-corrected chi connectivity index (χ4v) is 1.37. The van der Waals surface area contributed by atoms with Gasteiger partial charge in [-0.2, -0.15) is 0 Å². The molecule has 1 aliphatic rings. The molecule has 3 heteroatoms. The summed E-state index contributed by atoms with van der Waals surface area (Å²) in [6.07, 6.45) is 6.12. The van der Waals surface area contributed by atoms with Crippen LogP contribution in [0.25, 0.3) is 0 Å². The van der Waals surface area contributed by atoms with Crippen molar-refractivity contribution >= 4 is 12.4 Å². The third-order valence-electron chi connectivity index (χ3n) is 2.12. The highest BCUT2D eigenvalue weighted by molar-refractivity contribution is 5.85. The third kappa shape index (κ3) is 2.86. The molecule has 0 amide bonds. The summed E-state index contributed by atoms with van der Waals surface area (Å²) >= 11 is 0. The van der Waals surface area contributed by atoms with Gasteiger partial charge in [0.05, 0.1) is 0 Å². The number of hydrogen-bond donors (Lipinski definition) is 2. The lowest BCUT2D eigenvalue weighted by Crippen LogP contribution is -2.40. The second kappa shape index (κ2) is 4.94. The highest BCUT2D eigenvalue weighted by atomic mass is 35.5. The standard InChI is InChI=1S/C7H16N2.ClH/c8-6-4-2-1-3-5-7(6)9;/h6-7H,1-5,8-9H2;1H/t6-,7-;/m0./s1. The van der Waals surface area contributed by atoms with Crippen LogP contribution in [-0.2, 0) is 0 Å². The van der Waals surface area contributed by atoms with Crippen molar-refractivity contribution in [2.75, 3.05) is 0 Å². The van der Waals surface area contributed by atoms with Gasteiger partial charge in [0.2, 0.25) is 0 Å². The second-order valence-corrected chi connectivity index (χ2v) is 2.97. The molecule has 0 bridgehead atoms. The van der Waals surface area contributed by atoms with Gasteiger partial charge < -0.3 is 11.5 Å². The normalized spacial score (nSPS) is 34.2. The predicted molar refractivity (Wildman–Crippen MR) is 46.3 cm³/mol. The maximum atomic E-state index is 5.75. The zero-order valence-corrected chi connectivity index (χ0v) is 7.07. The molecular weight excluding hydrogens is 148 g/mol. The lowest BCUT2D eigenvalue weighted by Gasteiger charge is -2.14. The Morgan fingerprint density at radius 1 is 0.800 bits per heavy atom. The lowest BCUT2D eigenvalue weighted by molar-refractivity contribution is 0.500. The monoisotopic (exact) mass is 164 g/mol. The molecular formula is C7H17ClN2. The van der Waals surface area contributed by atoms with Crippen LogP contribution in [-0.4, -0.2) is 12.1 Å². The highest BCUT2D eigenvalue weighted by Crippen LogP contribution is 2.14. The predicted octanol–water partition coefficient (Wildman–Crippen LogP) is 1.03. The van der Waals surface area contributed by atoms with Gasteiger partial charge in [0.15, 0.2) is 0 Å². The van der Waals surface area contributed by atoms with E-state index in [-0.39, 0.29) is 24.5 Å². The van der Waals surface area contributed by atoms with Crippen molar-refractivity contribution in [1.29, 1.82) is 0 Å². The first kappa shape index (κ1) is 10.2. The van der Waals surface area contributed by atoms with Gasteiger partial charge in [0, 0.05) is 12.1 Å². The fourth-order valence-electron chi connectivity index (χ4n) is 1.37. The highest BCUT2D eigenvalue weighted by Gasteiger charge is 2.15. The minimum Gasteiger partial charge on any atom is -0.326 e. The van der Waals surface area contributed by atoms with Gasteiger partial charge in [0.1, 0.15) is 0 Å². The molecule has 10 heavy (non-hydrogen) atoms. The average molecular weight is 165 g/mol. The molecule has 2 atom stereocenters. The molecule has 0 aromatic heterocycles. The van der Waals surface area contributed by atoms with Crippen LogP contribution in [0.1, 0.15) is 32.1 Å². The Bertz CT molecular complexity index is 77.7. The average Bonchev–Trinajstić information content (AvgIpc) is 1.99. The van der Waals surface area contributed by atoms with Crippen LogP contribution in [0.2, 0.25) is 0 Å². The van der Waals surface area contributed by atoms with Crippen LogP contribution in [0.4, 0.5) is 0 Å². The topological polar surface area (TPSA) is 52.0 Å². The first-order chi connectivity index (χ1) is 4.30. The molecule has 0 aromatic rings. The van der Waals surface area contributed by atoms with Crippen LogP contribution < -0.4 is 11.5 Å². The van der Waals surface area contributed by atoms with Crippen molar-refractivity contribution in [2.24, 2.45) is 11.5 Å². The van der Waals surface area contributed by atoms with E-state index in [9.17, 15) is 0 Å². The SMILES string of the molecule is Cl.N[C@H]1CCCCC[C@@H]1N. The second-order valence-electron chi connectivity index (χ2n) is 2.97. The van der Waals surface area contributed by atoms with Gasteiger partial charge >= 0.3 is 0 Å². The molecule has 1 aliphatic carbocycles. The number of nitrogens with two attached hydrogens (primary N) is 2. The van der Waals surface area contributed by atoms with Crippen LogP contribution in [0.3, 0.4) is 0 Å². The summed E-state index contributed by atoms with van der Waals surface area (Å²) in [5.41, 5.74) is 11.5. The molecule has 0 spiro atoms. The lowest BCUT2D eigenvalue weighted by atomic mass is 10.1. The van der Waals surface area contributed by atoms with Crippen LogP contribution in [0, 0.1) is 0 Å². The summed E-state index contributed by atoms with van der Waals surface area (Å²) in [5, 5.41) is 0. The summed E-state index contributed by atoms with van der Waals surface area (Å²) in [7, 11) is 0. The third-order valence-corrected chi connectivity index (χ3v) is 2.12. The van der Waals surface area contributed by atoms with E-state index in [1.165, 1.54) is 19.3 Å². The molecule has 0 radical (unpaired) electrons. The summed E-state index contributed by atoms with van der Waals surface area (Å²) in [6, 6.07) is 0.542. The van der Waals surface area contributed by atoms with E-state index in [0.717, 1.165) is 12.8 Å². The van der Waals surface area contributed by atoms with Crippen molar-refractivity contribution in [3.63, 3.8) is 0 Å². The Labute approximate surface area is 68.8 Å². The van der Waals surface area contributed by atoms with Gasteiger partial charge in [-0.1, -0.05) is 19.3 Å². The van der Waals surface area contributed by atoms with Gasteiger partial charge in [-0.25, -0.2) is 0 Å². The molecule has 2 nitrogen and oxygen atoms in total. The Kier molecular flexibility index (Phi) is 5.04. The molecule has 0 unspecified atom stereocenters. The maximum Gasteiger partial charge on any atom is 0.0192 e. The van der Waals surface area contributed by atoms with E-state index in [1.54, 1.807) is 0 Å². The number of hydrogen-bond acceptors (Lipinski definition) is 2. The van der Waals surface area contributed by atoms with Crippen LogP contribution >= 0.6 is 12.4 Å². The Morgan fingerprint density at radius 3 is 1.60 bits per heavy atom. The molecule has 0 aromatic carbocycles. The molecule has 0 saturated heterocycles. The Hall–Kier alpha value is 0.210. The van der Waals surface area contributed by atoms with Crippen molar-refractivity contribution in [2.45, 2.75) is 44.2 Å². The minimum atomic E-state index is 0. The molecule has 1 saturated carbocycles. The van der Waals surface area contributed by atoms with E-state index < -0.39 is 0 Å². The summed E-state index contributed by atoms with van der Waals surface area (Å²) in [4.78, 5) is 0. The molecule has 0 heterocycles. The van der Waals surface area contributed by atoms with Crippen molar-refractivity contribution < 1.29 is 0 Å². The maximum absolute atomic E-state index is 5.75. The quantitative estimate of drug-likeness (QED) is 0.526. The van der Waals surface area contributed by atoms with E-state index in [4.69, 9.17) is 11.5 Å². The number of halogens is 1.